The van der Waals surface area contributed by atoms with E-state index in [1.165, 1.54) is 81.3 Å². The van der Waals surface area contributed by atoms with Gasteiger partial charge in [0.1, 0.15) is 103 Å². The highest BCUT2D eigenvalue weighted by atomic mass is 32.2. The number of carbonyl (C=O) groups excluding carboxylic acids is 17. The first kappa shape index (κ1) is 112. The number of likely N-dealkylation sites (N-methyl/N-ethyl adjacent to an activating group) is 3. The van der Waals surface area contributed by atoms with E-state index in [2.05, 4.69) is 68.5 Å². The highest BCUT2D eigenvalue weighted by Crippen LogP contribution is 2.31. The number of halogens is 1. The first-order valence-electron chi connectivity index (χ1n) is 48.3. The molecule has 3 saturated heterocycles. The number of nitrogens with zero attached hydrogens (tertiary/aromatic N) is 7. The molecule has 0 radical (unpaired) electrons. The molecule has 17 amide bonds. The predicted octanol–water partition coefficient (Wildman–Crippen LogP) is 0.664. The summed E-state index contributed by atoms with van der Waals surface area (Å²) in [5.41, 5.74) is 20.1. The number of aliphatic hydroxyl groups excluding tert-OH is 1. The van der Waals surface area contributed by atoms with Crippen molar-refractivity contribution in [1.29, 1.82) is 0 Å². The number of aliphatic carboxylic acids is 1. The molecule has 3 fully saturated rings. The third-order valence-corrected chi connectivity index (χ3v) is 27.7. The summed E-state index contributed by atoms with van der Waals surface area (Å²) < 4.78 is 16.5. The van der Waals surface area contributed by atoms with Gasteiger partial charge in [-0.3, -0.25) is 86.3 Å². The van der Waals surface area contributed by atoms with Crippen LogP contribution in [0.4, 0.5) is 9.52 Å². The van der Waals surface area contributed by atoms with E-state index < -0.39 is 259 Å². The molecule has 0 saturated carbocycles. The van der Waals surface area contributed by atoms with Gasteiger partial charge in [0.15, 0.2) is 5.13 Å². The highest BCUT2D eigenvalue weighted by Gasteiger charge is 2.47. The fourth-order valence-corrected chi connectivity index (χ4v) is 19.7. The lowest BCUT2D eigenvalue weighted by Crippen LogP contribution is -2.61. The van der Waals surface area contributed by atoms with E-state index in [0.29, 0.717) is 74.4 Å². The maximum atomic E-state index is 16.0. The second-order valence-electron chi connectivity index (χ2n) is 37.6. The monoisotopic (exact) mass is 2040 g/mol. The molecular weight excluding hydrogens is 1900 g/mol. The lowest BCUT2D eigenvalue weighted by molar-refractivity contribution is -0.149. The lowest BCUT2D eigenvalue weighted by Gasteiger charge is -2.36. The number of aromatic nitrogens is 3. The molecule has 780 valence electrons. The number of fused-ring (bicyclic) bond motifs is 5. The Balaban J connectivity index is 1.05. The number of primary amides is 2. The van der Waals surface area contributed by atoms with Gasteiger partial charge in [-0.15, -0.1) is 11.8 Å². The molecule has 6 heterocycles. The maximum absolute atomic E-state index is 16.0. The summed E-state index contributed by atoms with van der Waals surface area (Å²) in [5.74, 6) is -19.8. The van der Waals surface area contributed by atoms with Crippen LogP contribution in [0.2, 0.25) is 0 Å². The topological polar surface area (TPSA) is 628 Å². The lowest BCUT2D eigenvalue weighted by atomic mass is 9.99. The number of aromatic amines is 1. The van der Waals surface area contributed by atoms with Crippen molar-refractivity contribution in [2.75, 3.05) is 70.7 Å². The molecule has 0 unspecified atom stereocenters. The van der Waals surface area contributed by atoms with E-state index in [1.54, 1.807) is 82.4 Å². The number of para-hydroxylation sites is 2. The van der Waals surface area contributed by atoms with Crippen LogP contribution in [0.1, 0.15) is 149 Å². The fourth-order valence-electron chi connectivity index (χ4n) is 17.9. The van der Waals surface area contributed by atoms with Crippen LogP contribution in [0, 0.1) is 17.7 Å². The van der Waals surface area contributed by atoms with Gasteiger partial charge in [-0.2, -0.15) is 0 Å². The summed E-state index contributed by atoms with van der Waals surface area (Å²) in [4.78, 5) is 279. The van der Waals surface area contributed by atoms with Gasteiger partial charge in [-0.1, -0.05) is 127 Å². The Morgan fingerprint density at radius 2 is 1.16 bits per heavy atom. The van der Waals surface area contributed by atoms with Crippen molar-refractivity contribution in [3.63, 3.8) is 0 Å². The number of hydrogen-bond acceptors (Lipinski definition) is 25. The van der Waals surface area contributed by atoms with Gasteiger partial charge < -0.3 is 125 Å². The number of nitrogens with one attached hydrogen (secondary N) is 12. The number of carboxylic acid groups (broad SMARTS) is 1. The molecule has 10 rings (SSSR count). The number of H-pyrrole nitrogens is 1. The average Bonchev–Trinajstić information content (AvgIpc) is 1.78. The van der Waals surface area contributed by atoms with Crippen LogP contribution in [0.15, 0.2) is 103 Å². The summed E-state index contributed by atoms with van der Waals surface area (Å²) in [5, 5.41) is 63.2. The van der Waals surface area contributed by atoms with Crippen molar-refractivity contribution in [2.24, 2.45) is 29.0 Å². The third kappa shape index (κ3) is 30.4. The predicted molar refractivity (Wildman–Crippen MR) is 534 cm³/mol. The van der Waals surface area contributed by atoms with Crippen LogP contribution in [0.25, 0.3) is 32.0 Å². The number of thiazole rings is 1. The number of aliphatic hydroxyl groups is 1. The number of nitrogens with two attached hydrogens (primary N) is 3. The number of hydrogen-bond donors (Lipinski definition) is 18. The summed E-state index contributed by atoms with van der Waals surface area (Å²) in [6.07, 6.45) is 0.550. The van der Waals surface area contributed by atoms with Gasteiger partial charge in [-0.25, -0.2) is 9.37 Å². The Labute approximate surface area is 840 Å². The summed E-state index contributed by atoms with van der Waals surface area (Å²) >= 11 is 1.77. The normalized spacial score (nSPS) is 24.0. The average molecular weight is 2040 g/mol. The molecule has 3 aliphatic heterocycles. The van der Waals surface area contributed by atoms with Crippen molar-refractivity contribution in [3.8, 4) is 5.75 Å². The van der Waals surface area contributed by atoms with Gasteiger partial charge in [0.2, 0.25) is 100 Å². The zero-order valence-electron chi connectivity index (χ0n) is 82.3. The second-order valence-corrected chi connectivity index (χ2v) is 39.6. The number of rotatable bonds is 28. The summed E-state index contributed by atoms with van der Waals surface area (Å²) in [6.45, 7) is 9.20. The first-order chi connectivity index (χ1) is 68.4. The summed E-state index contributed by atoms with van der Waals surface area (Å²) in [7, 11) is 3.90. The highest BCUT2D eigenvalue weighted by molar-refractivity contribution is 8.00. The smallest absolute Gasteiger partial charge is 0.323 e. The Kier molecular flexibility index (Phi) is 40.8. The maximum Gasteiger partial charge on any atom is 0.323 e. The first-order valence-corrected chi connectivity index (χ1v) is 50.3. The Morgan fingerprint density at radius 1 is 0.583 bits per heavy atom. The molecule has 3 aliphatic rings. The van der Waals surface area contributed by atoms with E-state index in [-0.39, 0.29) is 94.1 Å². The Bertz CT molecular complexity index is 5820. The Morgan fingerprint density at radius 3 is 1.83 bits per heavy atom. The molecule has 7 aromatic rings. The zero-order valence-corrected chi connectivity index (χ0v) is 84.0. The van der Waals surface area contributed by atoms with Crippen molar-refractivity contribution in [2.45, 2.75) is 248 Å². The van der Waals surface area contributed by atoms with E-state index in [0.717, 1.165) is 47.6 Å². The number of anilines is 1. The molecule has 4 aromatic carbocycles. The number of thioether (sulfide) groups is 1. The minimum atomic E-state index is -1.82. The number of phenols is 1. The van der Waals surface area contributed by atoms with Gasteiger partial charge in [0, 0.05) is 106 Å². The molecular formula is C98H133FN22O21S2. The Hall–Kier alpha value is -13.9. The van der Waals surface area contributed by atoms with Crippen LogP contribution >= 0.6 is 23.1 Å². The molecule has 46 heteroatoms. The third-order valence-electron chi connectivity index (χ3n) is 25.6. The van der Waals surface area contributed by atoms with E-state index >= 15 is 47.9 Å². The molecule has 43 nitrogen and oxygen atoms in total. The molecule has 144 heavy (non-hydrogen) atoms. The quantitative estimate of drug-likeness (QED) is 0.0320. The van der Waals surface area contributed by atoms with Gasteiger partial charge in [0.25, 0.3) is 0 Å². The number of phenolic OH excluding ortho intramolecular Hbond substituents is 1. The number of carboxylic acids is 1. The molecule has 15 atom stereocenters. The van der Waals surface area contributed by atoms with Crippen molar-refractivity contribution >= 4 is 167 Å². The van der Waals surface area contributed by atoms with Gasteiger partial charge in [0.05, 0.1) is 35.0 Å². The largest absolute Gasteiger partial charge is 0.508 e. The number of carbonyl (C=O) groups is 18. The number of aromatic hydroxyl groups is 1. The number of benzene rings is 4. The van der Waals surface area contributed by atoms with Crippen molar-refractivity contribution in [3.05, 3.63) is 126 Å². The van der Waals surface area contributed by atoms with Crippen LogP contribution in [-0.2, 0) is 112 Å². The van der Waals surface area contributed by atoms with Crippen LogP contribution in [-0.4, -0.2) is 317 Å². The van der Waals surface area contributed by atoms with E-state index in [1.807, 2.05) is 13.8 Å². The molecule has 3 aromatic heterocycles. The van der Waals surface area contributed by atoms with E-state index in [4.69, 9.17) is 17.2 Å². The van der Waals surface area contributed by atoms with Gasteiger partial charge in [-0.05, 0) is 129 Å². The van der Waals surface area contributed by atoms with Crippen molar-refractivity contribution < 1.29 is 106 Å². The zero-order chi connectivity index (χ0) is 105. The molecule has 0 aliphatic carbocycles. The van der Waals surface area contributed by atoms with Crippen molar-refractivity contribution in [1.82, 2.24) is 92.2 Å². The minimum absolute atomic E-state index is 0.00698. The number of unbranched alkanes of at least 4 members (excludes halogenated alkanes) is 2. The molecule has 0 spiro atoms. The minimum Gasteiger partial charge on any atom is -0.508 e. The van der Waals surface area contributed by atoms with Crippen LogP contribution in [0.3, 0.4) is 0 Å². The fraction of sp³-hybridized carbons (Fsp3) is 0.520. The SMILES string of the molecule is CCCC[C@H]1C(=O)N(C)[C@@H](CCCC)C(=O)N[C@@H](CC(C)C)C(=O)N[C@H](C(=O)NCC(N)=O)CSCC(=O)N[C@@H](Cc2ccc(O)cc2)C(=O)N(C)[C@@H](C)C(=O)N[C@@H](CC(N)=O)C(=O)N2CCC[C@H]2C(=O)N[C@@H](CNc2nc3ccc(F)cc3s2)C(=O)N[C@@H](CC(C)C)C(=O)N2C[C@H](O)C[C@H]2C(=O)N[C@@H](Cc2c[nH]c3ccccc23)C(=O)N[C@@H](CCN)C(=O)N[C@@H](Cc2cn(CC(=O)O)c3ccccc23)C(=O)N1C. The van der Waals surface area contributed by atoms with Gasteiger partial charge >= 0.3 is 5.97 Å². The number of amides is 17. The van der Waals surface area contributed by atoms with Crippen LogP contribution < -0.4 is 75.7 Å². The van der Waals surface area contributed by atoms with Crippen LogP contribution in [0.5, 0.6) is 5.75 Å². The molecule has 0 bridgehead atoms. The second kappa shape index (κ2) is 52.4. The van der Waals surface area contributed by atoms with E-state index in [9.17, 15) is 58.1 Å². The summed E-state index contributed by atoms with van der Waals surface area (Å²) in [6, 6.07) is 1.12. The molecule has 21 N–H and O–H groups in total. The standard InChI is InChI=1S/C98H133FN22O21S2/c1-11-13-23-75-90(135)108-66(36-52(3)4)87(132)114-73(85(130)104-46-81(102)125)50-143-51-82(126)106-69(38-55-27-30-59(122)31-28-55)93(138)116(8)54(7)84(129)110-71(43-80(101)124)95(140)120-35-19-26-76(120)91(136)113-72(45-105-98-115-64-32-29-58(99)41-79(64)144-98)89(134)111-68(37-53(5)6)96(141)121-48-60(123)42-78(121)92(137)109-67(39-56-44-103-63-22-17-15-20-61(56)63)88(133)107-65(33-34-100)86(131)112-70(94(139)118(10)77(24-14-12-2)97(142)117(75)9)40-57-47-119(49-83(127)128)74-25-18-16-21-62(57)74/h15-18,20-22,25,27-32,41,44,47,52-54,60,65-73,75-78,103,122-123H,11-14,19,23-24,26,33-40,42-43,45-46,48-51,100H2,1-10H3,(H2,101,124)(H2,102,125)(H,104,130)(H,105,115)(H,106,126)(H,107,133)(H,108,135)(H,109,137)(H,110,129)(H,111,134)(H,112,131)(H,113,136)(H,114,132)(H,127,128)/t54-,60+,65-,66-,67-,68-,69-,70-,71-,72-,73-,75-,76-,77-,78-/m0/s1.